The van der Waals surface area contributed by atoms with Crippen LogP contribution in [0.15, 0.2) is 42.5 Å². The summed E-state index contributed by atoms with van der Waals surface area (Å²) in [5.74, 6) is -5.39. The molecule has 13 atom stereocenters. The second-order valence-corrected chi connectivity index (χ2v) is 14.1. The first-order chi connectivity index (χ1) is 21.2. The van der Waals surface area contributed by atoms with Gasteiger partial charge in [0.25, 0.3) is 0 Å². The van der Waals surface area contributed by atoms with Crippen molar-refractivity contribution in [2.24, 2.45) is 39.9 Å². The SMILES string of the molecule is C=C1C(OC(C)=O)[C@@]23C[C@@H]4[C@@H]5[C@@]6(C2[C@@H](OC(C)=O)[C@H]1C(=O)C3[C@H]6N4C)[C@@H](OC(C)=O)[C@H](OC(=O)c1ccccc1)C[C@]5(C)C=O. The number of Topliss-reactive ketones (excluding diaryl/α,β-unsaturated/α-hetero) is 1. The van der Waals surface area contributed by atoms with Crippen LogP contribution < -0.4 is 0 Å². The lowest BCUT2D eigenvalue weighted by Gasteiger charge is -2.68. The molecule has 8 aliphatic rings. The van der Waals surface area contributed by atoms with Crippen LogP contribution in [0, 0.1) is 39.9 Å². The minimum absolute atomic E-state index is 0.0799. The van der Waals surface area contributed by atoms with Crippen LogP contribution in [0.3, 0.4) is 0 Å². The zero-order valence-electron chi connectivity index (χ0n) is 25.9. The average molecular weight is 620 g/mol. The first-order valence-electron chi connectivity index (χ1n) is 15.4. The maximum Gasteiger partial charge on any atom is 0.338 e. The third-order valence-electron chi connectivity index (χ3n) is 12.1. The van der Waals surface area contributed by atoms with Crippen molar-refractivity contribution in [2.75, 3.05) is 7.05 Å². The molecule has 11 nitrogen and oxygen atoms in total. The molecule has 6 saturated carbocycles. The van der Waals surface area contributed by atoms with Gasteiger partial charge in [-0.1, -0.05) is 31.7 Å². The van der Waals surface area contributed by atoms with Crippen LogP contribution >= 0.6 is 0 Å². The smallest absolute Gasteiger partial charge is 0.338 e. The van der Waals surface area contributed by atoms with Crippen molar-refractivity contribution in [3.63, 3.8) is 0 Å². The molecule has 238 valence electrons. The summed E-state index contributed by atoms with van der Waals surface area (Å²) in [7, 11) is 1.90. The summed E-state index contributed by atoms with van der Waals surface area (Å²) in [4.78, 5) is 81.7. The van der Waals surface area contributed by atoms with Crippen molar-refractivity contribution >= 4 is 35.9 Å². The molecule has 9 rings (SSSR count). The van der Waals surface area contributed by atoms with Gasteiger partial charge < -0.3 is 23.7 Å². The maximum absolute atomic E-state index is 14.6. The number of benzene rings is 1. The van der Waals surface area contributed by atoms with Gasteiger partial charge in [0.2, 0.25) is 0 Å². The van der Waals surface area contributed by atoms with Gasteiger partial charge in [0, 0.05) is 67.4 Å². The molecule has 45 heavy (non-hydrogen) atoms. The number of aldehydes is 1. The van der Waals surface area contributed by atoms with Crippen LogP contribution in [-0.2, 0) is 42.9 Å². The number of hydrogen-bond donors (Lipinski definition) is 0. The van der Waals surface area contributed by atoms with E-state index in [1.54, 1.807) is 30.3 Å². The van der Waals surface area contributed by atoms with Gasteiger partial charge in [-0.3, -0.25) is 24.1 Å². The standard InChI is InChI=1S/C34H37NO10/c1-15-22-24(40)23-28-34-26(20(35(28)6)12-33(23,29(15)43-17(3)38)27(34)25(22)42-16(2)37)32(5,14-36)13-21(30(34)44-18(4)39)45-31(41)19-10-8-7-9-11-19/h7-11,14,20-23,25-30H,1,12-13H2,2-6H3/t20-,21-,22-,23?,25+,26+,27?,28-,29?,30+,32-,33-,34+/m1/s1. The highest BCUT2D eigenvalue weighted by atomic mass is 16.6. The molecule has 6 aliphatic carbocycles. The summed E-state index contributed by atoms with van der Waals surface area (Å²) >= 11 is 0. The number of nitrogens with zero attached hydrogens (tertiary/aromatic N) is 1. The van der Waals surface area contributed by atoms with Crippen molar-refractivity contribution in [3.05, 3.63) is 48.0 Å². The number of fused-ring (bicyclic) bond motifs is 1. The number of ketones is 1. The van der Waals surface area contributed by atoms with Gasteiger partial charge in [0.1, 0.15) is 36.5 Å². The summed E-state index contributed by atoms with van der Waals surface area (Å²) < 4.78 is 24.5. The fourth-order valence-corrected chi connectivity index (χ4v) is 11.5. The van der Waals surface area contributed by atoms with Crippen LogP contribution in [0.25, 0.3) is 0 Å². The minimum atomic E-state index is -1.19. The molecule has 8 fully saturated rings. The van der Waals surface area contributed by atoms with Gasteiger partial charge >= 0.3 is 23.9 Å². The zero-order chi connectivity index (χ0) is 32.4. The Morgan fingerprint density at radius 2 is 1.58 bits per heavy atom. The average Bonchev–Trinajstić information content (AvgIpc) is 3.23. The van der Waals surface area contributed by atoms with Crippen LogP contribution in [0.4, 0.5) is 0 Å². The third-order valence-corrected chi connectivity index (χ3v) is 12.1. The van der Waals surface area contributed by atoms with E-state index in [9.17, 15) is 28.8 Å². The van der Waals surface area contributed by atoms with Gasteiger partial charge in [-0.2, -0.15) is 0 Å². The Morgan fingerprint density at radius 3 is 2.18 bits per heavy atom. The molecular weight excluding hydrogens is 582 g/mol. The molecule has 2 spiro atoms. The summed E-state index contributed by atoms with van der Waals surface area (Å²) in [6.07, 6.45) is -2.69. The highest BCUT2D eigenvalue weighted by Crippen LogP contribution is 2.84. The van der Waals surface area contributed by atoms with Crippen LogP contribution in [0.1, 0.15) is 50.9 Å². The van der Waals surface area contributed by atoms with E-state index in [4.69, 9.17) is 18.9 Å². The van der Waals surface area contributed by atoms with Gasteiger partial charge in [-0.05, 0) is 37.1 Å². The van der Waals surface area contributed by atoms with Crippen molar-refractivity contribution in [1.29, 1.82) is 0 Å². The molecule has 2 saturated heterocycles. The second kappa shape index (κ2) is 9.57. The van der Waals surface area contributed by atoms with E-state index in [0.29, 0.717) is 12.0 Å². The third kappa shape index (κ3) is 3.50. The van der Waals surface area contributed by atoms with E-state index in [1.807, 2.05) is 14.0 Å². The predicted octanol–water partition coefficient (Wildman–Crippen LogP) is 2.31. The lowest BCUT2D eigenvalue weighted by molar-refractivity contribution is -0.260. The van der Waals surface area contributed by atoms with Crippen LogP contribution in [0.5, 0.6) is 0 Å². The van der Waals surface area contributed by atoms with Gasteiger partial charge in [-0.25, -0.2) is 4.79 Å². The molecule has 1 aromatic carbocycles. The first kappa shape index (κ1) is 29.8. The van der Waals surface area contributed by atoms with Crippen molar-refractivity contribution < 1.29 is 47.7 Å². The molecule has 1 aromatic rings. The topological polar surface area (TPSA) is 143 Å². The highest BCUT2D eigenvalue weighted by Gasteiger charge is 2.93. The Morgan fingerprint density at radius 1 is 0.933 bits per heavy atom. The highest BCUT2D eigenvalue weighted by molar-refractivity contribution is 5.94. The molecule has 2 aliphatic heterocycles. The molecule has 0 radical (unpaired) electrons. The quantitative estimate of drug-likeness (QED) is 0.200. The van der Waals surface area contributed by atoms with Gasteiger partial charge in [0.05, 0.1) is 11.5 Å². The normalized spacial score (nSPS) is 45.1. The van der Waals surface area contributed by atoms with Crippen LogP contribution in [0.2, 0.25) is 0 Å². The largest absolute Gasteiger partial charge is 0.461 e. The lowest BCUT2D eigenvalue weighted by atomic mass is 9.38. The molecule has 0 aromatic heterocycles. The fraction of sp³-hybridized carbons (Fsp3) is 0.588. The number of hydrogen-bond acceptors (Lipinski definition) is 11. The van der Waals surface area contributed by atoms with Crippen molar-refractivity contribution in [2.45, 2.75) is 77.0 Å². The second-order valence-electron chi connectivity index (χ2n) is 14.1. The van der Waals surface area contributed by atoms with Crippen LogP contribution in [-0.4, -0.2) is 84.4 Å². The van der Waals surface area contributed by atoms with E-state index in [1.165, 1.54) is 20.8 Å². The van der Waals surface area contributed by atoms with Gasteiger partial charge in [0.15, 0.2) is 0 Å². The Labute approximate surface area is 260 Å². The number of esters is 4. The Bertz CT molecular complexity index is 1560. The Kier molecular flexibility index (Phi) is 6.35. The summed E-state index contributed by atoms with van der Waals surface area (Å²) in [5.41, 5.74) is -2.64. The summed E-state index contributed by atoms with van der Waals surface area (Å²) in [5, 5.41) is 0. The summed E-state index contributed by atoms with van der Waals surface area (Å²) in [6.45, 7) is 9.89. The number of ether oxygens (including phenoxy) is 4. The van der Waals surface area contributed by atoms with E-state index >= 15 is 0 Å². The molecule has 3 unspecified atom stereocenters. The van der Waals surface area contributed by atoms with E-state index in [-0.39, 0.29) is 23.8 Å². The van der Waals surface area contributed by atoms with Gasteiger partial charge in [-0.15, -0.1) is 0 Å². The lowest BCUT2D eigenvalue weighted by Crippen LogP contribution is -2.76. The Balaban J connectivity index is 1.49. The number of carbonyl (C=O) groups excluding carboxylic acids is 6. The van der Waals surface area contributed by atoms with Crippen molar-refractivity contribution in [1.82, 2.24) is 4.90 Å². The minimum Gasteiger partial charge on any atom is -0.461 e. The molecular formula is C34H37NO10. The van der Waals surface area contributed by atoms with Crippen molar-refractivity contribution in [3.8, 4) is 0 Å². The molecule has 7 bridgehead atoms. The zero-order valence-corrected chi connectivity index (χ0v) is 25.9. The maximum atomic E-state index is 14.6. The number of rotatable bonds is 6. The molecule has 11 heteroatoms. The molecule has 0 N–H and O–H groups in total. The predicted molar refractivity (Wildman–Crippen MR) is 154 cm³/mol. The monoisotopic (exact) mass is 619 g/mol. The fourth-order valence-electron chi connectivity index (χ4n) is 11.5. The molecule has 0 amide bonds. The first-order valence-corrected chi connectivity index (χ1v) is 15.4. The molecule has 2 heterocycles. The number of piperidine rings is 1. The number of carbonyl (C=O) groups is 6. The van der Waals surface area contributed by atoms with E-state index in [0.717, 1.165) is 6.29 Å². The Hall–Kier alpha value is -3.86. The van der Waals surface area contributed by atoms with E-state index in [2.05, 4.69) is 11.5 Å². The van der Waals surface area contributed by atoms with E-state index < -0.39 is 94.3 Å². The summed E-state index contributed by atoms with van der Waals surface area (Å²) in [6, 6.07) is 7.52.